The third-order valence-electron chi connectivity index (χ3n) is 5.19. The largest absolute Gasteiger partial charge is 0.387 e. The van der Waals surface area contributed by atoms with Crippen LogP contribution >= 0.6 is 0 Å². The minimum Gasteiger partial charge on any atom is -0.387 e. The molecule has 4 rings (SSSR count). The van der Waals surface area contributed by atoms with Gasteiger partial charge in [-0.15, -0.1) is 0 Å². The highest BCUT2D eigenvalue weighted by atomic mass is 16.7. The number of likely N-dealkylation sites (tertiary alicyclic amines) is 1. The van der Waals surface area contributed by atoms with E-state index >= 15 is 0 Å². The molecule has 2 heterocycles. The molecule has 5 nitrogen and oxygen atoms in total. The molecule has 1 saturated carbocycles. The Kier molecular flexibility index (Phi) is 3.81. The average Bonchev–Trinajstić information content (AvgIpc) is 3.11. The lowest BCUT2D eigenvalue weighted by atomic mass is 9.92. The summed E-state index contributed by atoms with van der Waals surface area (Å²) in [7, 11) is 0. The van der Waals surface area contributed by atoms with Crippen molar-refractivity contribution in [1.82, 2.24) is 10.2 Å². The summed E-state index contributed by atoms with van der Waals surface area (Å²) in [4.78, 5) is 20.3. The highest BCUT2D eigenvalue weighted by Crippen LogP contribution is 2.34. The summed E-state index contributed by atoms with van der Waals surface area (Å²) < 4.78 is 0. The smallest absolute Gasteiger partial charge is 0.269 e. The van der Waals surface area contributed by atoms with Gasteiger partial charge < -0.3 is 10.2 Å². The monoisotopic (exact) mass is 313 g/mol. The van der Waals surface area contributed by atoms with Crippen LogP contribution in [0.25, 0.3) is 0 Å². The van der Waals surface area contributed by atoms with E-state index < -0.39 is 0 Å². The molecule has 1 aromatic carbocycles. The van der Waals surface area contributed by atoms with Gasteiger partial charge in [-0.25, -0.2) is 0 Å². The predicted molar refractivity (Wildman–Crippen MR) is 88.0 cm³/mol. The van der Waals surface area contributed by atoms with Gasteiger partial charge in [0.1, 0.15) is 5.71 Å². The summed E-state index contributed by atoms with van der Waals surface area (Å²) in [6, 6.07) is 10.8. The van der Waals surface area contributed by atoms with E-state index in [9.17, 15) is 4.79 Å². The van der Waals surface area contributed by atoms with Gasteiger partial charge in [-0.3, -0.25) is 9.69 Å². The fraction of sp³-hybridized carbons (Fsp3) is 0.556. The van der Waals surface area contributed by atoms with Crippen molar-refractivity contribution < 1.29 is 9.63 Å². The van der Waals surface area contributed by atoms with Gasteiger partial charge in [0, 0.05) is 38.5 Å². The summed E-state index contributed by atoms with van der Waals surface area (Å²) in [6.07, 6.45) is 4.97. The van der Waals surface area contributed by atoms with E-state index in [1.807, 2.05) is 6.07 Å². The third kappa shape index (κ3) is 3.11. The van der Waals surface area contributed by atoms with E-state index in [2.05, 4.69) is 39.6 Å². The number of amides is 1. The fourth-order valence-corrected chi connectivity index (χ4v) is 3.59. The molecule has 1 atom stereocenters. The van der Waals surface area contributed by atoms with Crippen LogP contribution < -0.4 is 5.32 Å². The first-order chi connectivity index (χ1) is 11.2. The first-order valence-corrected chi connectivity index (χ1v) is 8.55. The molecule has 1 N–H and O–H groups in total. The number of carbonyl (C=O) groups excluding carboxylic acids is 1. The summed E-state index contributed by atoms with van der Waals surface area (Å²) in [6.45, 7) is 2.75. The zero-order valence-corrected chi connectivity index (χ0v) is 13.3. The van der Waals surface area contributed by atoms with Crippen molar-refractivity contribution in [3.8, 4) is 0 Å². The minimum absolute atomic E-state index is 0.0342. The van der Waals surface area contributed by atoms with Gasteiger partial charge in [0.25, 0.3) is 5.91 Å². The molecule has 23 heavy (non-hydrogen) atoms. The topological polar surface area (TPSA) is 53.9 Å². The van der Waals surface area contributed by atoms with Crippen LogP contribution in [0.3, 0.4) is 0 Å². The van der Waals surface area contributed by atoms with Crippen molar-refractivity contribution in [1.29, 1.82) is 0 Å². The Balaban J connectivity index is 1.32. The van der Waals surface area contributed by atoms with Crippen LogP contribution in [0, 0.1) is 0 Å². The summed E-state index contributed by atoms with van der Waals surface area (Å²) in [5, 5.41) is 7.15. The lowest BCUT2D eigenvalue weighted by Gasteiger charge is -2.26. The predicted octanol–water partition coefficient (Wildman–Crippen LogP) is 2.08. The zero-order chi connectivity index (χ0) is 15.7. The SMILES string of the molecule is O=C(NC1CCC1)C1=NOC2(CCN(Cc3ccccc3)C2)C1. The van der Waals surface area contributed by atoms with E-state index in [4.69, 9.17) is 4.84 Å². The van der Waals surface area contributed by atoms with E-state index in [0.717, 1.165) is 38.9 Å². The Morgan fingerprint density at radius 1 is 1.35 bits per heavy atom. The first-order valence-electron chi connectivity index (χ1n) is 8.55. The highest BCUT2D eigenvalue weighted by molar-refractivity contribution is 6.39. The van der Waals surface area contributed by atoms with Gasteiger partial charge in [0.2, 0.25) is 0 Å². The molecule has 1 amide bonds. The normalized spacial score (nSPS) is 27.6. The molecule has 1 saturated heterocycles. The van der Waals surface area contributed by atoms with Crippen molar-refractivity contribution >= 4 is 11.6 Å². The van der Waals surface area contributed by atoms with Crippen LogP contribution in [0.5, 0.6) is 0 Å². The first kappa shape index (κ1) is 14.7. The van der Waals surface area contributed by atoms with Gasteiger partial charge in [-0.2, -0.15) is 0 Å². The lowest BCUT2D eigenvalue weighted by molar-refractivity contribution is -0.116. The number of carbonyl (C=O) groups is 1. The Morgan fingerprint density at radius 2 is 2.17 bits per heavy atom. The van der Waals surface area contributed by atoms with Crippen LogP contribution in [0.2, 0.25) is 0 Å². The van der Waals surface area contributed by atoms with Crippen LogP contribution in [-0.4, -0.2) is 41.3 Å². The Hall–Kier alpha value is -1.88. The number of nitrogens with one attached hydrogen (secondary N) is 1. The number of rotatable bonds is 4. The standard InChI is InChI=1S/C18H23N3O2/c22-17(19-15-7-4-8-15)16-11-18(23-20-16)9-10-21(13-18)12-14-5-2-1-3-6-14/h1-3,5-6,15H,4,7-13H2,(H,19,22). The Bertz CT molecular complexity index is 612. The number of hydrogen-bond donors (Lipinski definition) is 1. The molecule has 1 spiro atoms. The molecule has 0 aromatic heterocycles. The molecule has 122 valence electrons. The molecule has 0 bridgehead atoms. The van der Waals surface area contributed by atoms with E-state index in [1.165, 1.54) is 12.0 Å². The second kappa shape index (κ2) is 5.96. The van der Waals surface area contributed by atoms with Crippen molar-refractivity contribution in [2.24, 2.45) is 5.16 Å². The number of nitrogens with zero attached hydrogens (tertiary/aromatic N) is 2. The van der Waals surface area contributed by atoms with E-state index in [-0.39, 0.29) is 11.5 Å². The van der Waals surface area contributed by atoms with Crippen LogP contribution in [0.1, 0.15) is 37.7 Å². The van der Waals surface area contributed by atoms with Crippen LogP contribution in [-0.2, 0) is 16.2 Å². The lowest BCUT2D eigenvalue weighted by Crippen LogP contribution is -2.43. The maximum Gasteiger partial charge on any atom is 0.269 e. The van der Waals surface area contributed by atoms with E-state index in [1.54, 1.807) is 0 Å². The molecule has 1 aromatic rings. The van der Waals surface area contributed by atoms with Crippen molar-refractivity contribution in [3.05, 3.63) is 35.9 Å². The van der Waals surface area contributed by atoms with Crippen molar-refractivity contribution in [3.63, 3.8) is 0 Å². The molecule has 1 unspecified atom stereocenters. The van der Waals surface area contributed by atoms with Crippen molar-refractivity contribution in [2.45, 2.75) is 50.3 Å². The summed E-state index contributed by atoms with van der Waals surface area (Å²) >= 11 is 0. The third-order valence-corrected chi connectivity index (χ3v) is 5.19. The molecule has 3 aliphatic rings. The molecule has 1 aliphatic carbocycles. The molecule has 2 fully saturated rings. The highest BCUT2D eigenvalue weighted by Gasteiger charge is 2.46. The van der Waals surface area contributed by atoms with Crippen molar-refractivity contribution in [2.75, 3.05) is 13.1 Å². The van der Waals surface area contributed by atoms with Crippen LogP contribution in [0.15, 0.2) is 35.5 Å². The molecule has 0 radical (unpaired) electrons. The number of oxime groups is 1. The van der Waals surface area contributed by atoms with Gasteiger partial charge in [0.05, 0.1) is 0 Å². The van der Waals surface area contributed by atoms with Gasteiger partial charge >= 0.3 is 0 Å². The second-order valence-corrected chi connectivity index (χ2v) is 7.04. The van der Waals surface area contributed by atoms with Gasteiger partial charge in [-0.05, 0) is 24.8 Å². The maximum absolute atomic E-state index is 12.2. The maximum atomic E-state index is 12.2. The van der Waals surface area contributed by atoms with Crippen LogP contribution in [0.4, 0.5) is 0 Å². The zero-order valence-electron chi connectivity index (χ0n) is 13.3. The second-order valence-electron chi connectivity index (χ2n) is 7.04. The molecular formula is C18H23N3O2. The summed E-state index contributed by atoms with van der Waals surface area (Å²) in [5.41, 5.74) is 1.59. The molecular weight excluding hydrogens is 290 g/mol. The Labute approximate surface area is 136 Å². The Morgan fingerprint density at radius 3 is 2.91 bits per heavy atom. The number of hydrogen-bond acceptors (Lipinski definition) is 4. The minimum atomic E-state index is -0.291. The number of benzene rings is 1. The molecule has 5 heteroatoms. The fourth-order valence-electron chi connectivity index (χ4n) is 3.59. The average molecular weight is 313 g/mol. The van der Waals surface area contributed by atoms with Gasteiger partial charge in [-0.1, -0.05) is 35.5 Å². The molecule has 2 aliphatic heterocycles. The summed E-state index contributed by atoms with van der Waals surface area (Å²) in [5.74, 6) is -0.0342. The van der Waals surface area contributed by atoms with E-state index in [0.29, 0.717) is 18.2 Å². The quantitative estimate of drug-likeness (QED) is 0.926. The van der Waals surface area contributed by atoms with Gasteiger partial charge in [0.15, 0.2) is 5.60 Å².